The Balaban J connectivity index is 2.08. The lowest BCUT2D eigenvalue weighted by Gasteiger charge is -2.13. The molecule has 2 aromatic rings. The monoisotopic (exact) mass is 274 g/mol. The summed E-state index contributed by atoms with van der Waals surface area (Å²) in [5.74, 6) is 0.810. The predicted octanol–water partition coefficient (Wildman–Crippen LogP) is 2.79. The van der Waals surface area contributed by atoms with Crippen molar-refractivity contribution in [1.82, 2.24) is 9.78 Å². The van der Waals surface area contributed by atoms with Crippen molar-refractivity contribution < 1.29 is 9.84 Å². The smallest absolute Gasteiger partial charge is 0.119 e. The van der Waals surface area contributed by atoms with Gasteiger partial charge in [0.05, 0.1) is 18.4 Å². The van der Waals surface area contributed by atoms with Crippen molar-refractivity contribution in [2.45, 2.75) is 32.8 Å². The molecule has 0 saturated carbocycles. The fourth-order valence-electron chi connectivity index (χ4n) is 2.20. The third-order valence-corrected chi connectivity index (χ3v) is 3.22. The van der Waals surface area contributed by atoms with E-state index in [-0.39, 0.29) is 0 Å². The number of aliphatic hydroxyl groups is 1. The quantitative estimate of drug-likeness (QED) is 0.881. The maximum atomic E-state index is 10.4. The lowest BCUT2D eigenvalue weighted by atomic mass is 10.0. The number of benzene rings is 1. The average Bonchev–Trinajstić information content (AvgIpc) is 2.75. The molecule has 4 nitrogen and oxygen atoms in total. The summed E-state index contributed by atoms with van der Waals surface area (Å²) in [5, 5.41) is 14.7. The summed E-state index contributed by atoms with van der Waals surface area (Å²) < 4.78 is 7.41. The van der Waals surface area contributed by atoms with Crippen molar-refractivity contribution in [2.24, 2.45) is 7.05 Å². The first-order chi connectivity index (χ1) is 9.60. The van der Waals surface area contributed by atoms with Gasteiger partial charge in [-0.3, -0.25) is 4.68 Å². The molecular formula is C16H22N2O2. The molecule has 1 unspecified atom stereocenters. The van der Waals surface area contributed by atoms with E-state index in [1.807, 2.05) is 49.0 Å². The Morgan fingerprint density at radius 3 is 2.80 bits per heavy atom. The topological polar surface area (TPSA) is 47.3 Å². The van der Waals surface area contributed by atoms with Gasteiger partial charge in [0, 0.05) is 19.2 Å². The molecule has 0 radical (unpaired) electrons. The molecule has 0 bridgehead atoms. The molecule has 0 aliphatic rings. The first-order valence-electron chi connectivity index (χ1n) is 7.00. The summed E-state index contributed by atoms with van der Waals surface area (Å²) >= 11 is 0. The molecule has 1 heterocycles. The lowest BCUT2D eigenvalue weighted by molar-refractivity contribution is 0.175. The highest BCUT2D eigenvalue weighted by Crippen LogP contribution is 2.22. The molecular weight excluding hydrogens is 252 g/mol. The van der Waals surface area contributed by atoms with Gasteiger partial charge >= 0.3 is 0 Å². The number of hydrogen-bond acceptors (Lipinski definition) is 3. The van der Waals surface area contributed by atoms with Gasteiger partial charge in [-0.2, -0.15) is 5.10 Å². The zero-order chi connectivity index (χ0) is 14.5. The van der Waals surface area contributed by atoms with Crippen LogP contribution in [0.5, 0.6) is 5.75 Å². The second kappa shape index (κ2) is 6.57. The Morgan fingerprint density at radius 1 is 1.35 bits per heavy atom. The van der Waals surface area contributed by atoms with Gasteiger partial charge in [0.15, 0.2) is 0 Å². The molecule has 0 spiro atoms. The zero-order valence-electron chi connectivity index (χ0n) is 12.3. The molecule has 2 rings (SSSR count). The van der Waals surface area contributed by atoms with Crippen LogP contribution in [0.4, 0.5) is 0 Å². The van der Waals surface area contributed by atoms with Gasteiger partial charge in [-0.05, 0) is 37.1 Å². The minimum absolute atomic E-state index is 0.546. The summed E-state index contributed by atoms with van der Waals surface area (Å²) in [6.07, 6.45) is 0.977. The van der Waals surface area contributed by atoms with Crippen LogP contribution in [0.2, 0.25) is 0 Å². The van der Waals surface area contributed by atoms with E-state index in [0.717, 1.165) is 29.1 Å². The van der Waals surface area contributed by atoms with Gasteiger partial charge in [0.1, 0.15) is 5.75 Å². The molecule has 0 saturated heterocycles. The minimum atomic E-state index is -0.546. The Labute approximate surface area is 120 Å². The van der Waals surface area contributed by atoms with Crippen LogP contribution in [0.25, 0.3) is 0 Å². The SMILES string of the molecule is CCCOc1cccc(C(O)Cc2cc(C)nn2C)c1. The Hall–Kier alpha value is -1.81. The first-order valence-corrected chi connectivity index (χ1v) is 7.00. The molecule has 20 heavy (non-hydrogen) atoms. The van der Waals surface area contributed by atoms with E-state index in [4.69, 9.17) is 4.74 Å². The fraction of sp³-hybridized carbons (Fsp3) is 0.438. The highest BCUT2D eigenvalue weighted by atomic mass is 16.5. The van der Waals surface area contributed by atoms with Crippen LogP contribution < -0.4 is 4.74 Å². The van der Waals surface area contributed by atoms with Crippen LogP contribution in [-0.4, -0.2) is 21.5 Å². The molecule has 0 amide bonds. The number of hydrogen-bond donors (Lipinski definition) is 1. The van der Waals surface area contributed by atoms with Gasteiger partial charge in [-0.25, -0.2) is 0 Å². The highest BCUT2D eigenvalue weighted by Gasteiger charge is 2.12. The second-order valence-corrected chi connectivity index (χ2v) is 5.04. The maximum absolute atomic E-state index is 10.4. The van der Waals surface area contributed by atoms with Crippen molar-refractivity contribution in [3.8, 4) is 5.75 Å². The van der Waals surface area contributed by atoms with Gasteiger partial charge in [0.2, 0.25) is 0 Å². The standard InChI is InChI=1S/C16H22N2O2/c1-4-8-20-15-7-5-6-13(10-15)16(19)11-14-9-12(2)17-18(14)3/h5-7,9-10,16,19H,4,8,11H2,1-3H3. The van der Waals surface area contributed by atoms with Crippen molar-refractivity contribution in [2.75, 3.05) is 6.61 Å². The minimum Gasteiger partial charge on any atom is -0.494 e. The molecule has 0 fully saturated rings. The molecule has 1 aromatic heterocycles. The van der Waals surface area contributed by atoms with Crippen molar-refractivity contribution >= 4 is 0 Å². The van der Waals surface area contributed by atoms with Gasteiger partial charge in [0.25, 0.3) is 0 Å². The number of ether oxygens (including phenoxy) is 1. The van der Waals surface area contributed by atoms with Crippen LogP contribution in [-0.2, 0) is 13.5 Å². The zero-order valence-corrected chi connectivity index (χ0v) is 12.3. The Bertz CT molecular complexity index is 563. The van der Waals surface area contributed by atoms with Crippen molar-refractivity contribution in [3.05, 3.63) is 47.3 Å². The van der Waals surface area contributed by atoms with Crippen LogP contribution >= 0.6 is 0 Å². The molecule has 1 aromatic carbocycles. The summed E-state index contributed by atoms with van der Waals surface area (Å²) in [4.78, 5) is 0. The van der Waals surface area contributed by atoms with E-state index >= 15 is 0 Å². The molecule has 108 valence electrons. The van der Waals surface area contributed by atoms with Crippen LogP contribution in [0, 0.1) is 6.92 Å². The molecule has 0 aliphatic carbocycles. The average molecular weight is 274 g/mol. The van der Waals surface area contributed by atoms with Gasteiger partial charge in [-0.15, -0.1) is 0 Å². The van der Waals surface area contributed by atoms with E-state index in [0.29, 0.717) is 13.0 Å². The number of aromatic nitrogens is 2. The second-order valence-electron chi connectivity index (χ2n) is 5.04. The molecule has 4 heteroatoms. The lowest BCUT2D eigenvalue weighted by Crippen LogP contribution is -2.06. The summed E-state index contributed by atoms with van der Waals surface area (Å²) in [5.41, 5.74) is 2.86. The van der Waals surface area contributed by atoms with E-state index in [1.165, 1.54) is 0 Å². The number of rotatable bonds is 6. The van der Waals surface area contributed by atoms with Crippen molar-refractivity contribution in [1.29, 1.82) is 0 Å². The first kappa shape index (κ1) is 14.6. The summed E-state index contributed by atoms with van der Waals surface area (Å²) in [7, 11) is 1.90. The van der Waals surface area contributed by atoms with Crippen LogP contribution in [0.1, 0.15) is 36.4 Å². The number of nitrogens with zero attached hydrogens (tertiary/aromatic N) is 2. The number of aryl methyl sites for hydroxylation is 2. The third kappa shape index (κ3) is 3.61. The van der Waals surface area contributed by atoms with Gasteiger partial charge < -0.3 is 9.84 Å². The van der Waals surface area contributed by atoms with Crippen LogP contribution in [0.3, 0.4) is 0 Å². The molecule has 1 atom stereocenters. The Kier molecular flexibility index (Phi) is 4.79. The van der Waals surface area contributed by atoms with E-state index in [2.05, 4.69) is 12.0 Å². The van der Waals surface area contributed by atoms with E-state index in [1.54, 1.807) is 0 Å². The summed E-state index contributed by atoms with van der Waals surface area (Å²) in [6, 6.07) is 9.66. The van der Waals surface area contributed by atoms with E-state index < -0.39 is 6.10 Å². The largest absolute Gasteiger partial charge is 0.494 e. The number of aliphatic hydroxyl groups excluding tert-OH is 1. The third-order valence-electron chi connectivity index (χ3n) is 3.22. The van der Waals surface area contributed by atoms with E-state index in [9.17, 15) is 5.11 Å². The highest BCUT2D eigenvalue weighted by molar-refractivity contribution is 5.30. The normalized spacial score (nSPS) is 12.4. The predicted molar refractivity (Wildman–Crippen MR) is 78.8 cm³/mol. The molecule has 0 aliphatic heterocycles. The van der Waals surface area contributed by atoms with Crippen molar-refractivity contribution in [3.63, 3.8) is 0 Å². The van der Waals surface area contributed by atoms with Gasteiger partial charge in [-0.1, -0.05) is 19.1 Å². The Morgan fingerprint density at radius 2 is 2.15 bits per heavy atom. The maximum Gasteiger partial charge on any atom is 0.119 e. The molecule has 1 N–H and O–H groups in total. The fourth-order valence-corrected chi connectivity index (χ4v) is 2.20. The van der Waals surface area contributed by atoms with Crippen LogP contribution in [0.15, 0.2) is 30.3 Å². The summed E-state index contributed by atoms with van der Waals surface area (Å²) in [6.45, 7) is 4.72.